The molecule has 0 spiro atoms. The van der Waals surface area contributed by atoms with Crippen LogP contribution in [0.15, 0.2) is 36.4 Å². The molecule has 0 heterocycles. The van der Waals surface area contributed by atoms with Crippen molar-refractivity contribution in [2.45, 2.75) is 0 Å². The smallest absolute Gasteiger partial charge is 0.478 e. The Hall–Kier alpha value is -1.33. The van der Waals surface area contributed by atoms with Crippen molar-refractivity contribution in [3.8, 4) is 0 Å². The van der Waals surface area contributed by atoms with E-state index < -0.39 is 13.1 Å². The van der Waals surface area contributed by atoms with E-state index in [2.05, 4.69) is 13.2 Å². The van der Waals surface area contributed by atoms with E-state index in [-0.39, 0.29) is 11.0 Å². The number of allylic oxidation sites excluding steroid dienone is 2. The fourth-order valence-electron chi connectivity index (χ4n) is 0.365. The van der Waals surface area contributed by atoms with Gasteiger partial charge in [-0.25, -0.2) is 4.79 Å². The molecule has 0 atom stereocenters. The third kappa shape index (κ3) is 3.75. The lowest BCUT2D eigenvalue weighted by Gasteiger charge is -1.95. The molecule has 0 aromatic carbocycles. The van der Waals surface area contributed by atoms with Gasteiger partial charge in [-0.05, 0) is 11.5 Å². The molecule has 4 nitrogen and oxygen atoms in total. The lowest BCUT2D eigenvalue weighted by Crippen LogP contribution is -2.12. The SMILES string of the molecule is C=C(/C=C\C(=C)C(=O)O)B(O)O. The van der Waals surface area contributed by atoms with Gasteiger partial charge in [0.15, 0.2) is 0 Å². The van der Waals surface area contributed by atoms with Gasteiger partial charge in [0.25, 0.3) is 0 Å². The van der Waals surface area contributed by atoms with Crippen LogP contribution >= 0.6 is 0 Å². The first-order chi connectivity index (χ1) is 5.45. The number of hydrogen-bond acceptors (Lipinski definition) is 3. The van der Waals surface area contributed by atoms with Gasteiger partial charge < -0.3 is 15.2 Å². The van der Waals surface area contributed by atoms with Crippen LogP contribution in [0.4, 0.5) is 0 Å². The number of aliphatic carboxylic acids is 1. The van der Waals surface area contributed by atoms with Crippen molar-refractivity contribution in [1.82, 2.24) is 0 Å². The van der Waals surface area contributed by atoms with Crippen molar-refractivity contribution in [2.24, 2.45) is 0 Å². The van der Waals surface area contributed by atoms with E-state index in [0.717, 1.165) is 6.08 Å². The van der Waals surface area contributed by atoms with Gasteiger partial charge in [-0.1, -0.05) is 19.2 Å². The van der Waals surface area contributed by atoms with Crippen LogP contribution in [0.2, 0.25) is 0 Å². The normalized spacial score (nSPS) is 9.83. The Morgan fingerprint density at radius 3 is 2.08 bits per heavy atom. The standard InChI is InChI=1S/C7H9BO4/c1-5(7(9)10)3-4-6(2)8(11)12/h3-4,11-12H,1-2H2,(H,9,10)/b4-3-. The first kappa shape index (κ1) is 10.7. The summed E-state index contributed by atoms with van der Waals surface area (Å²) in [5.41, 5.74) is -0.130. The highest BCUT2D eigenvalue weighted by atomic mass is 16.4. The predicted octanol–water partition coefficient (Wildman–Crippen LogP) is -0.248. The third-order valence-electron chi connectivity index (χ3n) is 1.10. The Balaban J connectivity index is 4.17. The summed E-state index contributed by atoms with van der Waals surface area (Å²) in [5.74, 6) is -1.16. The highest BCUT2D eigenvalue weighted by Crippen LogP contribution is 1.99. The first-order valence-electron chi connectivity index (χ1n) is 3.10. The van der Waals surface area contributed by atoms with Gasteiger partial charge in [-0.2, -0.15) is 0 Å². The summed E-state index contributed by atoms with van der Waals surface area (Å²) in [4.78, 5) is 10.2. The van der Waals surface area contributed by atoms with Crippen molar-refractivity contribution >= 4 is 13.1 Å². The Morgan fingerprint density at radius 2 is 1.75 bits per heavy atom. The second-order valence-corrected chi connectivity index (χ2v) is 2.11. The third-order valence-corrected chi connectivity index (χ3v) is 1.10. The fraction of sp³-hybridized carbons (Fsp3) is 0. The molecule has 0 aliphatic carbocycles. The summed E-state index contributed by atoms with van der Waals surface area (Å²) in [6.07, 6.45) is 2.32. The summed E-state index contributed by atoms with van der Waals surface area (Å²) in [6.45, 7) is 6.46. The summed E-state index contributed by atoms with van der Waals surface area (Å²) in [6, 6.07) is 0. The molecule has 0 aromatic heterocycles. The minimum absolute atomic E-state index is 0.0115. The van der Waals surface area contributed by atoms with E-state index in [0.29, 0.717) is 0 Å². The molecular weight excluding hydrogens is 159 g/mol. The number of hydrogen-bond donors (Lipinski definition) is 3. The van der Waals surface area contributed by atoms with Crippen molar-refractivity contribution in [2.75, 3.05) is 0 Å². The molecule has 0 amide bonds. The molecule has 0 fully saturated rings. The van der Waals surface area contributed by atoms with E-state index in [1.807, 2.05) is 0 Å². The van der Waals surface area contributed by atoms with Gasteiger partial charge in [-0.15, -0.1) is 0 Å². The number of carboxylic acid groups (broad SMARTS) is 1. The Bertz CT molecular complexity index is 242. The summed E-state index contributed by atoms with van der Waals surface area (Å²) in [7, 11) is -1.66. The van der Waals surface area contributed by atoms with Gasteiger partial charge in [0.2, 0.25) is 0 Å². The van der Waals surface area contributed by atoms with Gasteiger partial charge in [0.1, 0.15) is 0 Å². The minimum Gasteiger partial charge on any atom is -0.478 e. The van der Waals surface area contributed by atoms with E-state index in [4.69, 9.17) is 15.2 Å². The second-order valence-electron chi connectivity index (χ2n) is 2.11. The Kier molecular flexibility index (Phi) is 4.03. The Morgan fingerprint density at radius 1 is 1.25 bits per heavy atom. The van der Waals surface area contributed by atoms with Crippen molar-refractivity contribution in [3.05, 3.63) is 36.4 Å². The van der Waals surface area contributed by atoms with Gasteiger partial charge >= 0.3 is 13.1 Å². The average Bonchev–Trinajstić information content (AvgIpc) is 1.98. The second kappa shape index (κ2) is 4.53. The highest BCUT2D eigenvalue weighted by Gasteiger charge is 2.08. The monoisotopic (exact) mass is 168 g/mol. The molecule has 3 N–H and O–H groups in total. The predicted molar refractivity (Wildman–Crippen MR) is 45.2 cm³/mol. The fourth-order valence-corrected chi connectivity index (χ4v) is 0.365. The van der Waals surface area contributed by atoms with Crippen LogP contribution in [0.5, 0.6) is 0 Å². The number of rotatable bonds is 4. The van der Waals surface area contributed by atoms with Crippen LogP contribution in [0.25, 0.3) is 0 Å². The molecule has 12 heavy (non-hydrogen) atoms. The van der Waals surface area contributed by atoms with Crippen LogP contribution < -0.4 is 0 Å². The summed E-state index contributed by atoms with van der Waals surface area (Å²) >= 11 is 0. The molecule has 0 aliphatic rings. The molecule has 5 heteroatoms. The molecule has 0 saturated heterocycles. The van der Waals surface area contributed by atoms with Crippen LogP contribution in [-0.4, -0.2) is 28.2 Å². The van der Waals surface area contributed by atoms with E-state index in [1.54, 1.807) is 0 Å². The molecular formula is C7H9BO4. The van der Waals surface area contributed by atoms with E-state index in [1.165, 1.54) is 6.08 Å². The Labute approximate surface area is 70.3 Å². The molecule has 0 aromatic rings. The quantitative estimate of drug-likeness (QED) is 0.307. The molecule has 0 saturated carbocycles. The minimum atomic E-state index is -1.66. The maximum Gasteiger partial charge on any atom is 0.487 e. The molecule has 0 unspecified atom stereocenters. The molecule has 64 valence electrons. The zero-order valence-corrected chi connectivity index (χ0v) is 6.40. The van der Waals surface area contributed by atoms with E-state index >= 15 is 0 Å². The number of carboxylic acids is 1. The zero-order chi connectivity index (χ0) is 9.72. The molecule has 0 aliphatic heterocycles. The van der Waals surface area contributed by atoms with Crippen LogP contribution in [0.1, 0.15) is 0 Å². The highest BCUT2D eigenvalue weighted by molar-refractivity contribution is 6.51. The van der Waals surface area contributed by atoms with Crippen LogP contribution in [0.3, 0.4) is 0 Å². The van der Waals surface area contributed by atoms with Crippen molar-refractivity contribution < 1.29 is 19.9 Å². The summed E-state index contributed by atoms with van der Waals surface area (Å²) < 4.78 is 0. The largest absolute Gasteiger partial charge is 0.487 e. The molecule has 0 radical (unpaired) electrons. The van der Waals surface area contributed by atoms with Crippen molar-refractivity contribution in [1.29, 1.82) is 0 Å². The van der Waals surface area contributed by atoms with Crippen molar-refractivity contribution in [3.63, 3.8) is 0 Å². The zero-order valence-electron chi connectivity index (χ0n) is 6.40. The first-order valence-corrected chi connectivity index (χ1v) is 3.10. The van der Waals surface area contributed by atoms with Gasteiger partial charge in [0, 0.05) is 0 Å². The van der Waals surface area contributed by atoms with Gasteiger partial charge in [-0.3, -0.25) is 0 Å². The molecule has 0 rings (SSSR count). The van der Waals surface area contributed by atoms with Gasteiger partial charge in [0.05, 0.1) is 5.57 Å². The lowest BCUT2D eigenvalue weighted by atomic mass is 9.80. The van der Waals surface area contributed by atoms with Crippen LogP contribution in [-0.2, 0) is 4.79 Å². The summed E-state index contributed by atoms with van der Waals surface area (Å²) in [5, 5.41) is 25.3. The average molecular weight is 168 g/mol. The lowest BCUT2D eigenvalue weighted by molar-refractivity contribution is -0.132. The van der Waals surface area contributed by atoms with E-state index in [9.17, 15) is 4.79 Å². The topological polar surface area (TPSA) is 77.8 Å². The molecule has 0 bridgehead atoms. The van der Waals surface area contributed by atoms with Crippen LogP contribution in [0, 0.1) is 0 Å². The number of carbonyl (C=O) groups is 1. The maximum atomic E-state index is 10.2. The maximum absolute atomic E-state index is 10.2.